The van der Waals surface area contributed by atoms with Crippen molar-refractivity contribution in [1.82, 2.24) is 14.8 Å². The van der Waals surface area contributed by atoms with E-state index in [1.807, 2.05) is 0 Å². The summed E-state index contributed by atoms with van der Waals surface area (Å²) in [7, 11) is -2.41. The van der Waals surface area contributed by atoms with Gasteiger partial charge in [-0.15, -0.1) is 0 Å². The van der Waals surface area contributed by atoms with Crippen molar-refractivity contribution in [2.24, 2.45) is 7.05 Å². The molecular weight excluding hydrogens is 512 g/mol. The lowest BCUT2D eigenvalue weighted by Gasteiger charge is -2.28. The first-order valence-corrected chi connectivity index (χ1v) is 12.6. The highest BCUT2D eigenvalue weighted by atomic mass is 32.2. The van der Waals surface area contributed by atoms with Crippen molar-refractivity contribution in [3.8, 4) is 17.0 Å². The van der Waals surface area contributed by atoms with Crippen LogP contribution in [0.1, 0.15) is 29.0 Å². The van der Waals surface area contributed by atoms with Crippen LogP contribution >= 0.6 is 0 Å². The second-order valence-corrected chi connectivity index (χ2v) is 10.2. The summed E-state index contributed by atoms with van der Waals surface area (Å²) in [6, 6.07) is 11.9. The highest BCUT2D eigenvalue weighted by Crippen LogP contribution is 2.44. The Balaban J connectivity index is 1.54. The Bertz CT molecular complexity index is 1570. The number of anilines is 1. The SMILES string of the molecule is Cn1nccc1-c1cc(C(F)(F)F)ccc1[C@H]1CCOc2cc(S(=O)(=O)Nc3ccc(F)cn3)ccc21. The molecule has 1 aliphatic rings. The number of sulfonamides is 1. The third kappa shape index (κ3) is 4.88. The maximum Gasteiger partial charge on any atom is 0.416 e. The van der Waals surface area contributed by atoms with Gasteiger partial charge >= 0.3 is 6.18 Å². The van der Waals surface area contributed by atoms with Crippen LogP contribution in [0.5, 0.6) is 5.75 Å². The topological polar surface area (TPSA) is 86.1 Å². The normalized spacial score (nSPS) is 15.6. The number of rotatable bonds is 5. The number of hydrogen-bond acceptors (Lipinski definition) is 5. The van der Waals surface area contributed by atoms with Gasteiger partial charge in [-0.25, -0.2) is 17.8 Å². The monoisotopic (exact) mass is 532 g/mol. The zero-order valence-electron chi connectivity index (χ0n) is 19.3. The average Bonchev–Trinajstić information content (AvgIpc) is 3.29. The minimum atomic E-state index is -4.52. The second kappa shape index (κ2) is 9.18. The van der Waals surface area contributed by atoms with Crippen molar-refractivity contribution in [2.45, 2.75) is 23.4 Å². The number of nitrogens with one attached hydrogen (secondary N) is 1. The fourth-order valence-electron chi connectivity index (χ4n) is 4.39. The van der Waals surface area contributed by atoms with E-state index in [9.17, 15) is 26.0 Å². The van der Waals surface area contributed by atoms with Gasteiger partial charge in [0.05, 0.1) is 29.0 Å². The van der Waals surface area contributed by atoms with Crippen LogP contribution in [-0.2, 0) is 23.2 Å². The molecule has 12 heteroatoms. The number of halogens is 4. The van der Waals surface area contributed by atoms with Gasteiger partial charge in [-0.3, -0.25) is 9.40 Å². The first kappa shape index (κ1) is 24.8. The standard InChI is InChI=1S/C25H20F4N4O3S/c1-33-22(8-10-31-33)21-12-15(25(27,28)29)2-5-18(21)19-9-11-36-23-13-17(4-6-20(19)23)37(34,35)32-24-7-3-16(26)14-30-24/h2-8,10,12-14,19H,9,11H2,1H3,(H,30,32)/t19-/m1/s1. The van der Waals surface area contributed by atoms with Gasteiger partial charge < -0.3 is 4.74 Å². The Hall–Kier alpha value is -3.93. The number of benzene rings is 2. The van der Waals surface area contributed by atoms with Gasteiger partial charge in [-0.05, 0) is 48.4 Å². The molecule has 5 rings (SSSR count). The summed E-state index contributed by atoms with van der Waals surface area (Å²) in [6.45, 7) is 0.236. The molecule has 0 unspecified atom stereocenters. The molecule has 3 heterocycles. The molecule has 2 aromatic heterocycles. The molecule has 0 bridgehead atoms. The molecule has 4 aromatic rings. The highest BCUT2D eigenvalue weighted by molar-refractivity contribution is 7.92. The van der Waals surface area contributed by atoms with E-state index in [2.05, 4.69) is 14.8 Å². The molecule has 2 aromatic carbocycles. The molecule has 0 aliphatic carbocycles. The molecule has 0 saturated heterocycles. The second-order valence-electron chi connectivity index (χ2n) is 8.50. The first-order chi connectivity index (χ1) is 17.5. The minimum Gasteiger partial charge on any atom is -0.493 e. The molecule has 0 spiro atoms. The van der Waals surface area contributed by atoms with Crippen molar-refractivity contribution < 1.29 is 30.7 Å². The summed E-state index contributed by atoms with van der Waals surface area (Å²) in [5.74, 6) is -0.699. The molecule has 7 nitrogen and oxygen atoms in total. The first-order valence-electron chi connectivity index (χ1n) is 11.1. The molecular formula is C25H20F4N4O3S. The number of aromatic nitrogens is 3. The fraction of sp³-hybridized carbons (Fsp3) is 0.200. The van der Waals surface area contributed by atoms with Gasteiger partial charge in [0.1, 0.15) is 17.4 Å². The van der Waals surface area contributed by atoms with Crippen LogP contribution in [0.2, 0.25) is 0 Å². The van der Waals surface area contributed by atoms with E-state index in [1.165, 1.54) is 35.1 Å². The summed E-state index contributed by atoms with van der Waals surface area (Å²) >= 11 is 0. The van der Waals surface area contributed by atoms with Gasteiger partial charge in [-0.1, -0.05) is 12.1 Å². The van der Waals surface area contributed by atoms with Gasteiger partial charge in [0.2, 0.25) is 0 Å². The van der Waals surface area contributed by atoms with E-state index in [1.54, 1.807) is 19.2 Å². The van der Waals surface area contributed by atoms with Crippen LogP contribution in [-0.4, -0.2) is 29.8 Å². The predicted octanol–water partition coefficient (Wildman–Crippen LogP) is 5.36. The summed E-state index contributed by atoms with van der Waals surface area (Å²) in [6.07, 6.45) is -1.64. The summed E-state index contributed by atoms with van der Waals surface area (Å²) in [5.41, 5.74) is 1.41. The minimum absolute atomic E-state index is 0.0523. The Morgan fingerprint density at radius 3 is 2.51 bits per heavy atom. The van der Waals surface area contributed by atoms with Crippen molar-refractivity contribution >= 4 is 15.8 Å². The Morgan fingerprint density at radius 1 is 1.05 bits per heavy atom. The molecule has 37 heavy (non-hydrogen) atoms. The molecule has 0 radical (unpaired) electrons. The largest absolute Gasteiger partial charge is 0.493 e. The molecule has 1 aliphatic heterocycles. The third-order valence-electron chi connectivity index (χ3n) is 6.15. The third-order valence-corrected chi connectivity index (χ3v) is 7.51. The molecule has 0 amide bonds. The Kier molecular flexibility index (Phi) is 6.14. The highest BCUT2D eigenvalue weighted by Gasteiger charge is 2.33. The van der Waals surface area contributed by atoms with Crippen LogP contribution in [0.4, 0.5) is 23.4 Å². The van der Waals surface area contributed by atoms with Crippen molar-refractivity contribution in [3.63, 3.8) is 0 Å². The van der Waals surface area contributed by atoms with Crippen LogP contribution in [0.25, 0.3) is 11.3 Å². The van der Waals surface area contributed by atoms with Crippen molar-refractivity contribution in [2.75, 3.05) is 11.3 Å². The fourth-order valence-corrected chi connectivity index (χ4v) is 5.41. The quantitative estimate of drug-likeness (QED) is 0.350. The lowest BCUT2D eigenvalue weighted by molar-refractivity contribution is -0.137. The Morgan fingerprint density at radius 2 is 1.84 bits per heavy atom. The number of pyridine rings is 1. The summed E-state index contributed by atoms with van der Waals surface area (Å²) < 4.78 is 89.0. The molecule has 192 valence electrons. The number of nitrogens with zero attached hydrogens (tertiary/aromatic N) is 3. The molecule has 1 atom stereocenters. The Labute approximate surface area is 209 Å². The maximum atomic E-state index is 13.5. The van der Waals surface area contributed by atoms with E-state index in [0.717, 1.165) is 24.4 Å². The lowest BCUT2D eigenvalue weighted by atomic mass is 9.83. The lowest BCUT2D eigenvalue weighted by Crippen LogP contribution is -2.19. The summed E-state index contributed by atoms with van der Waals surface area (Å²) in [5, 5.41) is 4.10. The average molecular weight is 533 g/mol. The van der Waals surface area contributed by atoms with E-state index >= 15 is 0 Å². The van der Waals surface area contributed by atoms with Gasteiger partial charge in [0, 0.05) is 36.4 Å². The van der Waals surface area contributed by atoms with Crippen LogP contribution < -0.4 is 9.46 Å². The molecule has 0 fully saturated rings. The number of alkyl halides is 3. The van der Waals surface area contributed by atoms with Gasteiger partial charge in [-0.2, -0.15) is 18.3 Å². The predicted molar refractivity (Wildman–Crippen MR) is 127 cm³/mol. The van der Waals surface area contributed by atoms with Gasteiger partial charge in [0.25, 0.3) is 10.0 Å². The van der Waals surface area contributed by atoms with E-state index < -0.39 is 27.6 Å². The zero-order chi connectivity index (χ0) is 26.4. The van der Waals surface area contributed by atoms with Crippen molar-refractivity contribution in [1.29, 1.82) is 0 Å². The summed E-state index contributed by atoms with van der Waals surface area (Å²) in [4.78, 5) is 3.61. The number of fused-ring (bicyclic) bond motifs is 1. The van der Waals surface area contributed by atoms with Crippen molar-refractivity contribution in [3.05, 3.63) is 89.5 Å². The van der Waals surface area contributed by atoms with E-state index in [-0.39, 0.29) is 23.2 Å². The molecule has 1 N–H and O–H groups in total. The van der Waals surface area contributed by atoms with E-state index in [4.69, 9.17) is 4.74 Å². The van der Waals surface area contributed by atoms with Crippen LogP contribution in [0, 0.1) is 5.82 Å². The zero-order valence-corrected chi connectivity index (χ0v) is 20.1. The molecule has 0 saturated carbocycles. The van der Waals surface area contributed by atoms with E-state index in [0.29, 0.717) is 34.6 Å². The number of ether oxygens (including phenoxy) is 1. The number of aryl methyl sites for hydroxylation is 1. The van der Waals surface area contributed by atoms with Gasteiger partial charge in [0.15, 0.2) is 0 Å². The van der Waals surface area contributed by atoms with Crippen LogP contribution in [0.15, 0.2) is 71.9 Å². The maximum absolute atomic E-state index is 13.5. The smallest absolute Gasteiger partial charge is 0.416 e. The number of hydrogen-bond donors (Lipinski definition) is 1. The van der Waals surface area contributed by atoms with Crippen LogP contribution in [0.3, 0.4) is 0 Å².